The highest BCUT2D eigenvalue weighted by Crippen LogP contribution is 2.15. The summed E-state index contributed by atoms with van der Waals surface area (Å²) in [6.45, 7) is 0.0298. The highest BCUT2D eigenvalue weighted by molar-refractivity contribution is 5.18. The average molecular weight is 180 g/mol. The van der Waals surface area contributed by atoms with Crippen LogP contribution in [0.15, 0.2) is 35.6 Å². The molecule has 0 bridgehead atoms. The van der Waals surface area contributed by atoms with Gasteiger partial charge in [0.2, 0.25) is 0 Å². The van der Waals surface area contributed by atoms with Gasteiger partial charge in [0.1, 0.15) is 0 Å². The van der Waals surface area contributed by atoms with Gasteiger partial charge in [-0.25, -0.2) is 0 Å². The summed E-state index contributed by atoms with van der Waals surface area (Å²) in [4.78, 5) is 10.0. The molecule has 0 radical (unpaired) electrons. The molecule has 4 nitrogen and oxygen atoms in total. The minimum Gasteiger partial charge on any atom is -0.396 e. The smallest absolute Gasteiger partial charge is 0.0743 e. The molecule has 1 unspecified atom stereocenters. The number of aliphatic hydroxyl groups excluding tert-OH is 1. The predicted octanol–water partition coefficient (Wildman–Crippen LogP) is 1.38. The van der Waals surface area contributed by atoms with E-state index in [0.29, 0.717) is 6.42 Å². The zero-order valence-corrected chi connectivity index (χ0v) is 7.18. The molecule has 1 rings (SSSR count). The van der Waals surface area contributed by atoms with Gasteiger partial charge < -0.3 is 5.11 Å². The molecule has 0 fully saturated rings. The third-order valence-electron chi connectivity index (χ3n) is 1.83. The molecule has 4 heteroatoms. The van der Waals surface area contributed by atoms with E-state index in [1.807, 2.05) is 30.3 Å². The Labute approximate surface area is 76.5 Å². The molecule has 0 amide bonds. The summed E-state index contributed by atoms with van der Waals surface area (Å²) in [7, 11) is 0. The number of benzene rings is 1. The number of nitroso groups, excluding NO2 is 1. The minimum absolute atomic E-state index is 0.0298. The molecule has 13 heavy (non-hydrogen) atoms. The van der Waals surface area contributed by atoms with Crippen LogP contribution in [0.5, 0.6) is 0 Å². The fourth-order valence-electron chi connectivity index (χ4n) is 1.18. The van der Waals surface area contributed by atoms with Crippen LogP contribution in [0, 0.1) is 4.91 Å². The molecule has 0 aliphatic rings. The Bertz CT molecular complexity index is 251. The second kappa shape index (κ2) is 5.27. The Hall–Kier alpha value is -1.42. The van der Waals surface area contributed by atoms with Crippen molar-refractivity contribution >= 4 is 0 Å². The third kappa shape index (κ3) is 2.83. The fraction of sp³-hybridized carbons (Fsp3) is 0.333. The third-order valence-corrected chi connectivity index (χ3v) is 1.83. The normalized spacial score (nSPS) is 12.1. The number of hydrogen-bond donors (Lipinski definition) is 2. The summed E-state index contributed by atoms with van der Waals surface area (Å²) in [6.07, 6.45) is 0.482. The monoisotopic (exact) mass is 180 g/mol. The van der Waals surface area contributed by atoms with E-state index in [4.69, 9.17) is 5.11 Å². The molecule has 0 saturated carbocycles. The maximum atomic E-state index is 10.0. The molecule has 0 aromatic heterocycles. The number of hydrogen-bond acceptors (Lipinski definition) is 3. The van der Waals surface area contributed by atoms with E-state index in [-0.39, 0.29) is 12.6 Å². The summed E-state index contributed by atoms with van der Waals surface area (Å²) in [5, 5.41) is 11.4. The van der Waals surface area contributed by atoms with Crippen LogP contribution in [0.1, 0.15) is 18.0 Å². The van der Waals surface area contributed by atoms with Crippen LogP contribution in [-0.2, 0) is 0 Å². The zero-order chi connectivity index (χ0) is 9.52. The maximum absolute atomic E-state index is 10.0. The van der Waals surface area contributed by atoms with Gasteiger partial charge in [-0.3, -0.25) is 5.43 Å². The van der Waals surface area contributed by atoms with Crippen molar-refractivity contribution in [2.75, 3.05) is 6.61 Å². The fourth-order valence-corrected chi connectivity index (χ4v) is 1.18. The maximum Gasteiger partial charge on any atom is 0.0743 e. The zero-order valence-electron chi connectivity index (χ0n) is 7.18. The van der Waals surface area contributed by atoms with Crippen LogP contribution in [0.3, 0.4) is 0 Å². The Morgan fingerprint density at radius 3 is 2.62 bits per heavy atom. The average Bonchev–Trinajstić information content (AvgIpc) is 2.19. The van der Waals surface area contributed by atoms with E-state index >= 15 is 0 Å². The number of nitrogens with zero attached hydrogens (tertiary/aromatic N) is 1. The molecular weight excluding hydrogens is 168 g/mol. The molecule has 0 spiro atoms. The van der Waals surface area contributed by atoms with Crippen molar-refractivity contribution in [3.05, 3.63) is 40.8 Å². The molecule has 1 atom stereocenters. The lowest BCUT2D eigenvalue weighted by atomic mass is 10.1. The summed E-state index contributed by atoms with van der Waals surface area (Å²) in [6, 6.07) is 9.24. The molecule has 2 N–H and O–H groups in total. The summed E-state index contributed by atoms with van der Waals surface area (Å²) in [5.74, 6) is 0. The van der Waals surface area contributed by atoms with Crippen molar-refractivity contribution < 1.29 is 5.11 Å². The number of rotatable bonds is 5. The topological polar surface area (TPSA) is 61.7 Å². The second-order valence-electron chi connectivity index (χ2n) is 2.70. The van der Waals surface area contributed by atoms with E-state index in [9.17, 15) is 4.91 Å². The first-order valence-electron chi connectivity index (χ1n) is 4.12. The molecule has 1 aromatic rings. The Kier molecular flexibility index (Phi) is 3.92. The Morgan fingerprint density at radius 2 is 2.08 bits per heavy atom. The van der Waals surface area contributed by atoms with Crippen LogP contribution in [-0.4, -0.2) is 11.7 Å². The van der Waals surface area contributed by atoms with Crippen LogP contribution in [0.4, 0.5) is 0 Å². The second-order valence-corrected chi connectivity index (χ2v) is 2.70. The largest absolute Gasteiger partial charge is 0.396 e. The van der Waals surface area contributed by atoms with Gasteiger partial charge in [0.15, 0.2) is 0 Å². The number of aliphatic hydroxyl groups is 1. The van der Waals surface area contributed by atoms with Crippen LogP contribution < -0.4 is 5.43 Å². The van der Waals surface area contributed by atoms with Crippen LogP contribution in [0.25, 0.3) is 0 Å². The minimum atomic E-state index is -0.191. The number of nitrogens with one attached hydrogen (secondary N) is 1. The highest BCUT2D eigenvalue weighted by Gasteiger charge is 2.08. The van der Waals surface area contributed by atoms with Crippen molar-refractivity contribution in [2.24, 2.45) is 5.29 Å². The van der Waals surface area contributed by atoms with Gasteiger partial charge in [0.05, 0.1) is 11.3 Å². The van der Waals surface area contributed by atoms with Gasteiger partial charge in [-0.2, -0.15) is 0 Å². The first-order chi connectivity index (χ1) is 6.38. The van der Waals surface area contributed by atoms with E-state index in [1.165, 1.54) is 0 Å². The predicted molar refractivity (Wildman–Crippen MR) is 49.8 cm³/mol. The van der Waals surface area contributed by atoms with Gasteiger partial charge in [-0.15, -0.1) is 4.91 Å². The van der Waals surface area contributed by atoms with E-state index < -0.39 is 0 Å². The van der Waals surface area contributed by atoms with E-state index in [2.05, 4.69) is 10.7 Å². The molecular formula is C9H12N2O2. The standard InChI is InChI=1S/C9H12N2O2/c12-7-6-9(10-11-13)8-4-2-1-3-5-8/h1-5,9,12H,6-7H2,(H,10,13). The molecule has 70 valence electrons. The van der Waals surface area contributed by atoms with Crippen molar-refractivity contribution in [2.45, 2.75) is 12.5 Å². The lowest BCUT2D eigenvalue weighted by molar-refractivity contribution is 0.266. The van der Waals surface area contributed by atoms with Gasteiger partial charge in [0, 0.05) is 6.61 Å². The Balaban J connectivity index is 2.69. The molecule has 0 aliphatic heterocycles. The van der Waals surface area contributed by atoms with E-state index in [0.717, 1.165) is 5.56 Å². The van der Waals surface area contributed by atoms with Crippen molar-refractivity contribution in [1.82, 2.24) is 5.43 Å². The van der Waals surface area contributed by atoms with Crippen LogP contribution >= 0.6 is 0 Å². The van der Waals surface area contributed by atoms with Crippen molar-refractivity contribution in [3.8, 4) is 0 Å². The lowest BCUT2D eigenvalue weighted by Gasteiger charge is -2.13. The first-order valence-corrected chi connectivity index (χ1v) is 4.12. The lowest BCUT2D eigenvalue weighted by Crippen LogP contribution is -2.16. The molecule has 0 saturated heterocycles. The van der Waals surface area contributed by atoms with Gasteiger partial charge in [-0.05, 0) is 12.0 Å². The highest BCUT2D eigenvalue weighted by atomic mass is 16.3. The molecule has 1 aromatic carbocycles. The summed E-state index contributed by atoms with van der Waals surface area (Å²) < 4.78 is 0. The molecule has 0 heterocycles. The van der Waals surface area contributed by atoms with Gasteiger partial charge in [0.25, 0.3) is 0 Å². The summed E-state index contributed by atoms with van der Waals surface area (Å²) >= 11 is 0. The first kappa shape index (κ1) is 9.67. The van der Waals surface area contributed by atoms with Crippen LogP contribution in [0.2, 0.25) is 0 Å². The van der Waals surface area contributed by atoms with Crippen molar-refractivity contribution in [1.29, 1.82) is 0 Å². The SMILES string of the molecule is O=NNC(CCO)c1ccccc1. The summed E-state index contributed by atoms with van der Waals surface area (Å²) in [5.41, 5.74) is 3.36. The Morgan fingerprint density at radius 1 is 1.38 bits per heavy atom. The van der Waals surface area contributed by atoms with Gasteiger partial charge >= 0.3 is 0 Å². The van der Waals surface area contributed by atoms with Gasteiger partial charge in [-0.1, -0.05) is 30.3 Å². The quantitative estimate of drug-likeness (QED) is 0.531. The van der Waals surface area contributed by atoms with E-state index in [1.54, 1.807) is 0 Å². The van der Waals surface area contributed by atoms with Crippen molar-refractivity contribution in [3.63, 3.8) is 0 Å². The molecule has 0 aliphatic carbocycles.